The van der Waals surface area contributed by atoms with Crippen molar-refractivity contribution in [2.45, 2.75) is 0 Å². The van der Waals surface area contributed by atoms with Gasteiger partial charge in [-0.15, -0.1) is 0 Å². The second-order valence-corrected chi connectivity index (χ2v) is 6.61. The quantitative estimate of drug-likeness (QED) is 0.276. The summed E-state index contributed by atoms with van der Waals surface area (Å²) in [5, 5.41) is 13.8. The van der Waals surface area contributed by atoms with Crippen molar-refractivity contribution in [2.75, 3.05) is 5.32 Å². The molecule has 0 aliphatic rings. The average molecular weight is 399 g/mol. The fourth-order valence-corrected chi connectivity index (χ4v) is 3.09. The molecule has 0 saturated heterocycles. The summed E-state index contributed by atoms with van der Waals surface area (Å²) >= 11 is 0. The van der Waals surface area contributed by atoms with Crippen LogP contribution in [0.4, 0.5) is 11.4 Å². The lowest BCUT2D eigenvalue weighted by molar-refractivity contribution is 0.0963. The Kier molecular flexibility index (Phi) is 5.21. The second kappa shape index (κ2) is 8.27. The molecule has 0 bridgehead atoms. The van der Waals surface area contributed by atoms with Crippen LogP contribution in [-0.4, -0.2) is 21.1 Å². The van der Waals surface area contributed by atoms with Crippen LogP contribution in [0.2, 0.25) is 0 Å². The van der Waals surface area contributed by atoms with Gasteiger partial charge >= 0.3 is 0 Å². The molecule has 30 heavy (non-hydrogen) atoms. The number of hydrogen-bond donors (Lipinski definition) is 6. The molecule has 0 saturated carbocycles. The summed E-state index contributed by atoms with van der Waals surface area (Å²) < 4.78 is 0. The van der Waals surface area contributed by atoms with E-state index in [1.165, 1.54) is 18.5 Å². The summed E-state index contributed by atoms with van der Waals surface area (Å²) in [6.07, 6.45) is 7.75. The van der Waals surface area contributed by atoms with Crippen molar-refractivity contribution in [3.8, 4) is 11.1 Å². The standard InChI is InChI=1S/C22H21N7O/c23-8-7-19(11-24)28-22(30)21-9-15-3-6-18(10-20(15)29-21)27-17-4-1-14(2-5-17)16-12-25-26-13-16/h1-13,27,29H,23-24H2,(H,25,26)(H,28,30)/b8-7-,19-11+. The SMILES string of the molecule is N/C=C\C(=C/N)NC(=O)c1cc2ccc(Nc3ccc(-c4cn[nH]c4)cc3)cc2[nH]1. The molecule has 1 amide bonds. The van der Waals surface area contributed by atoms with Crippen molar-refractivity contribution in [1.29, 1.82) is 0 Å². The molecule has 4 rings (SSSR count). The molecule has 2 aromatic carbocycles. The number of benzene rings is 2. The summed E-state index contributed by atoms with van der Waals surface area (Å²) in [7, 11) is 0. The molecule has 0 aliphatic heterocycles. The van der Waals surface area contributed by atoms with Gasteiger partial charge in [0.25, 0.3) is 5.91 Å². The number of nitrogens with zero attached hydrogens (tertiary/aromatic N) is 1. The van der Waals surface area contributed by atoms with E-state index in [4.69, 9.17) is 11.5 Å². The van der Waals surface area contributed by atoms with Crippen molar-refractivity contribution >= 4 is 28.2 Å². The molecule has 0 spiro atoms. The highest BCUT2D eigenvalue weighted by Crippen LogP contribution is 2.25. The maximum absolute atomic E-state index is 12.4. The number of anilines is 2. The van der Waals surface area contributed by atoms with E-state index in [-0.39, 0.29) is 5.91 Å². The summed E-state index contributed by atoms with van der Waals surface area (Å²) in [4.78, 5) is 15.6. The number of hydrogen-bond acceptors (Lipinski definition) is 5. The highest BCUT2D eigenvalue weighted by atomic mass is 16.1. The van der Waals surface area contributed by atoms with E-state index in [2.05, 4.69) is 25.8 Å². The van der Waals surface area contributed by atoms with Crippen molar-refractivity contribution in [2.24, 2.45) is 11.5 Å². The van der Waals surface area contributed by atoms with Gasteiger partial charge in [0.1, 0.15) is 5.69 Å². The Morgan fingerprint density at radius 1 is 1.00 bits per heavy atom. The number of aromatic nitrogens is 3. The number of H-pyrrole nitrogens is 2. The average Bonchev–Trinajstić information content (AvgIpc) is 3.44. The predicted octanol–water partition coefficient (Wildman–Crippen LogP) is 3.30. The smallest absolute Gasteiger partial charge is 0.272 e. The van der Waals surface area contributed by atoms with E-state index in [0.717, 1.165) is 33.4 Å². The fraction of sp³-hybridized carbons (Fsp3) is 0. The fourth-order valence-electron chi connectivity index (χ4n) is 3.09. The molecule has 0 aliphatic carbocycles. The number of fused-ring (bicyclic) bond motifs is 1. The first-order chi connectivity index (χ1) is 14.7. The molecule has 0 unspecified atom stereocenters. The number of nitrogens with two attached hydrogens (primary N) is 2. The van der Waals surface area contributed by atoms with Gasteiger partial charge in [-0.1, -0.05) is 18.2 Å². The van der Waals surface area contributed by atoms with Crippen molar-refractivity contribution < 1.29 is 4.79 Å². The van der Waals surface area contributed by atoms with Gasteiger partial charge in [-0.2, -0.15) is 5.10 Å². The van der Waals surface area contributed by atoms with Crippen LogP contribution in [0.1, 0.15) is 10.5 Å². The Morgan fingerprint density at radius 2 is 1.80 bits per heavy atom. The van der Waals surface area contributed by atoms with E-state index >= 15 is 0 Å². The number of allylic oxidation sites excluding steroid dienone is 1. The Morgan fingerprint density at radius 3 is 2.50 bits per heavy atom. The van der Waals surface area contributed by atoms with Crippen LogP contribution in [0.15, 0.2) is 85.1 Å². The molecule has 150 valence electrons. The number of rotatable bonds is 6. The zero-order chi connectivity index (χ0) is 20.9. The Hall–Kier alpha value is -4.46. The van der Waals surface area contributed by atoms with Crippen LogP contribution in [-0.2, 0) is 0 Å². The molecule has 8 N–H and O–H groups in total. The molecule has 8 nitrogen and oxygen atoms in total. The van der Waals surface area contributed by atoms with Crippen LogP contribution in [0.5, 0.6) is 0 Å². The number of nitrogens with one attached hydrogen (secondary N) is 4. The normalized spacial score (nSPS) is 11.8. The maximum Gasteiger partial charge on any atom is 0.272 e. The van der Waals surface area contributed by atoms with E-state index in [1.807, 2.05) is 48.7 Å². The zero-order valence-electron chi connectivity index (χ0n) is 16.0. The van der Waals surface area contributed by atoms with Gasteiger partial charge in [0.05, 0.1) is 11.9 Å². The zero-order valence-corrected chi connectivity index (χ0v) is 16.0. The highest BCUT2D eigenvalue weighted by molar-refractivity contribution is 5.99. The molecular formula is C22H21N7O. The minimum absolute atomic E-state index is 0.301. The van der Waals surface area contributed by atoms with Gasteiger partial charge in [-0.05, 0) is 48.2 Å². The Balaban J connectivity index is 1.50. The van der Waals surface area contributed by atoms with Gasteiger partial charge in [0.2, 0.25) is 0 Å². The summed E-state index contributed by atoms with van der Waals surface area (Å²) in [6, 6.07) is 15.7. The van der Waals surface area contributed by atoms with E-state index < -0.39 is 0 Å². The first kappa shape index (κ1) is 18.9. The van der Waals surface area contributed by atoms with E-state index in [0.29, 0.717) is 11.4 Å². The lowest BCUT2D eigenvalue weighted by Gasteiger charge is -2.07. The van der Waals surface area contributed by atoms with Crippen molar-refractivity contribution in [3.63, 3.8) is 0 Å². The minimum Gasteiger partial charge on any atom is -0.405 e. The monoisotopic (exact) mass is 399 g/mol. The molecular weight excluding hydrogens is 378 g/mol. The molecule has 0 atom stereocenters. The van der Waals surface area contributed by atoms with Crippen LogP contribution >= 0.6 is 0 Å². The summed E-state index contributed by atoms with van der Waals surface area (Å²) in [5.41, 5.74) is 16.5. The number of amides is 1. The third kappa shape index (κ3) is 4.02. The van der Waals surface area contributed by atoms with Crippen molar-refractivity contribution in [1.82, 2.24) is 20.5 Å². The van der Waals surface area contributed by atoms with Crippen LogP contribution in [0, 0.1) is 0 Å². The number of carbonyl (C=O) groups excluding carboxylic acids is 1. The Labute approximate surface area is 172 Å². The predicted molar refractivity (Wildman–Crippen MR) is 119 cm³/mol. The number of carbonyl (C=O) groups is 1. The van der Waals surface area contributed by atoms with Crippen LogP contribution in [0.25, 0.3) is 22.0 Å². The van der Waals surface area contributed by atoms with Gasteiger partial charge in [-0.3, -0.25) is 9.89 Å². The second-order valence-electron chi connectivity index (χ2n) is 6.61. The molecule has 2 aromatic heterocycles. The number of aromatic amines is 2. The maximum atomic E-state index is 12.4. The van der Waals surface area contributed by atoms with E-state index in [1.54, 1.807) is 12.3 Å². The lowest BCUT2D eigenvalue weighted by atomic mass is 10.1. The highest BCUT2D eigenvalue weighted by Gasteiger charge is 2.11. The van der Waals surface area contributed by atoms with Crippen LogP contribution < -0.4 is 22.1 Å². The molecule has 8 heteroatoms. The Bertz CT molecular complexity index is 1220. The molecule has 0 radical (unpaired) electrons. The first-order valence-corrected chi connectivity index (χ1v) is 9.27. The third-order valence-electron chi connectivity index (χ3n) is 4.59. The largest absolute Gasteiger partial charge is 0.405 e. The van der Waals surface area contributed by atoms with Gasteiger partial charge in [0.15, 0.2) is 0 Å². The molecule has 2 heterocycles. The summed E-state index contributed by atoms with van der Waals surface area (Å²) in [6.45, 7) is 0. The lowest BCUT2D eigenvalue weighted by Crippen LogP contribution is -2.23. The van der Waals surface area contributed by atoms with Gasteiger partial charge in [0, 0.05) is 40.2 Å². The minimum atomic E-state index is -0.301. The van der Waals surface area contributed by atoms with Crippen molar-refractivity contribution in [3.05, 3.63) is 90.8 Å². The molecule has 0 fully saturated rings. The topological polar surface area (TPSA) is 138 Å². The summed E-state index contributed by atoms with van der Waals surface area (Å²) in [5.74, 6) is -0.301. The first-order valence-electron chi connectivity index (χ1n) is 9.27. The van der Waals surface area contributed by atoms with E-state index in [9.17, 15) is 4.79 Å². The third-order valence-corrected chi connectivity index (χ3v) is 4.59. The van der Waals surface area contributed by atoms with Crippen LogP contribution in [0.3, 0.4) is 0 Å². The molecule has 4 aromatic rings. The van der Waals surface area contributed by atoms with Gasteiger partial charge in [-0.25, -0.2) is 0 Å². The van der Waals surface area contributed by atoms with Gasteiger partial charge < -0.3 is 27.1 Å².